The minimum atomic E-state index is -1.35. The Bertz CT molecular complexity index is 1120. The van der Waals surface area contributed by atoms with Crippen molar-refractivity contribution in [1.29, 1.82) is 0 Å². The molecule has 0 bridgehead atoms. The molecule has 3 aromatic carbocycles. The van der Waals surface area contributed by atoms with E-state index in [1.165, 1.54) is 38.9 Å². The fourth-order valence-corrected chi connectivity index (χ4v) is 6.11. The first-order valence-electron chi connectivity index (χ1n) is 11.8. The van der Waals surface area contributed by atoms with Crippen LogP contribution in [0.4, 0.5) is 0 Å². The van der Waals surface area contributed by atoms with Crippen molar-refractivity contribution >= 4 is 13.7 Å². The Balaban J connectivity index is 2.03. The summed E-state index contributed by atoms with van der Waals surface area (Å²) >= 11 is 0. The highest BCUT2D eigenvalue weighted by Gasteiger charge is 2.33. The largest absolute Gasteiger partial charge is 0.435 e. The summed E-state index contributed by atoms with van der Waals surface area (Å²) in [5.74, 6) is 1.99. The van der Waals surface area contributed by atoms with Gasteiger partial charge in [-0.25, -0.2) is 0 Å². The van der Waals surface area contributed by atoms with Gasteiger partial charge in [0.25, 0.3) is 0 Å². The Morgan fingerprint density at radius 2 is 1.12 bits per heavy atom. The van der Waals surface area contributed by atoms with E-state index in [-0.39, 0.29) is 10.8 Å². The molecule has 0 N–H and O–H groups in total. The van der Waals surface area contributed by atoms with Crippen molar-refractivity contribution < 1.29 is 9.05 Å². The normalized spacial score (nSPS) is 14.5. The predicted molar refractivity (Wildman–Crippen MR) is 142 cm³/mol. The molecule has 4 rings (SSSR count). The topological polar surface area (TPSA) is 18.5 Å². The lowest BCUT2D eigenvalue weighted by molar-refractivity contribution is 0.457. The molecule has 0 spiro atoms. The Labute approximate surface area is 201 Å². The molecule has 0 saturated carbocycles. The number of benzene rings is 3. The summed E-state index contributed by atoms with van der Waals surface area (Å²) in [5, 5.41) is 1.13. The molecule has 0 saturated heterocycles. The van der Waals surface area contributed by atoms with Crippen LogP contribution in [-0.2, 0) is 17.3 Å². The van der Waals surface area contributed by atoms with E-state index in [9.17, 15) is 0 Å². The Morgan fingerprint density at radius 1 is 0.667 bits per heavy atom. The number of hydrogen-bond donors (Lipinski definition) is 0. The van der Waals surface area contributed by atoms with Crippen molar-refractivity contribution in [3.8, 4) is 11.5 Å². The van der Waals surface area contributed by atoms with Crippen LogP contribution in [0.5, 0.6) is 11.5 Å². The van der Waals surface area contributed by atoms with Gasteiger partial charge in [0, 0.05) is 17.5 Å². The lowest BCUT2D eigenvalue weighted by Gasteiger charge is -2.33. The second-order valence-electron chi connectivity index (χ2n) is 11.5. The Hall–Kier alpha value is -2.31. The minimum absolute atomic E-state index is 0.0337. The van der Waals surface area contributed by atoms with E-state index in [1.54, 1.807) is 0 Å². The minimum Gasteiger partial charge on any atom is -0.435 e. The van der Waals surface area contributed by atoms with Gasteiger partial charge in [0.05, 0.1) is 5.30 Å². The molecular formula is C30H37O2P. The van der Waals surface area contributed by atoms with E-state index in [1.807, 2.05) is 0 Å². The average molecular weight is 461 g/mol. The van der Waals surface area contributed by atoms with E-state index in [4.69, 9.17) is 9.05 Å². The molecule has 0 fully saturated rings. The molecule has 1 heterocycles. The van der Waals surface area contributed by atoms with Crippen LogP contribution in [0.2, 0.25) is 0 Å². The van der Waals surface area contributed by atoms with Crippen LogP contribution >= 0.6 is 8.38 Å². The van der Waals surface area contributed by atoms with Crippen LogP contribution in [0.15, 0.2) is 48.5 Å². The van der Waals surface area contributed by atoms with Gasteiger partial charge in [-0.1, -0.05) is 95.1 Å². The maximum Gasteiger partial charge on any atom is 0.326 e. The number of hydrogen-bond acceptors (Lipinski definition) is 2. The standard InChI is InChI=1S/C30H37O2P/c1-19-14-22-18-23-15-20(2)17-25(30(7,8)9)28(23)32-33(26-13-11-10-12-21(26)3)31-27(22)24(16-19)29(4,5)6/h10-17H,18H2,1-9H3. The third-order valence-corrected chi connectivity index (χ3v) is 7.87. The molecule has 0 radical (unpaired) electrons. The summed E-state index contributed by atoms with van der Waals surface area (Å²) in [5.41, 5.74) is 8.66. The van der Waals surface area contributed by atoms with E-state index >= 15 is 0 Å². The second-order valence-corrected chi connectivity index (χ2v) is 12.9. The second kappa shape index (κ2) is 8.48. The maximum absolute atomic E-state index is 6.91. The van der Waals surface area contributed by atoms with Crippen LogP contribution in [-0.4, -0.2) is 0 Å². The zero-order valence-electron chi connectivity index (χ0n) is 21.6. The van der Waals surface area contributed by atoms with Crippen molar-refractivity contribution in [2.24, 2.45) is 0 Å². The summed E-state index contributed by atoms with van der Waals surface area (Å²) in [6, 6.07) is 17.6. The van der Waals surface area contributed by atoms with E-state index in [2.05, 4.69) is 111 Å². The van der Waals surface area contributed by atoms with Crippen molar-refractivity contribution in [3.05, 3.63) is 87.5 Å². The van der Waals surface area contributed by atoms with Gasteiger partial charge in [0.2, 0.25) is 0 Å². The van der Waals surface area contributed by atoms with Gasteiger partial charge in [-0.15, -0.1) is 0 Å². The molecule has 0 atom stereocenters. The molecular weight excluding hydrogens is 423 g/mol. The van der Waals surface area contributed by atoms with Gasteiger partial charge in [-0.05, 0) is 54.4 Å². The summed E-state index contributed by atoms with van der Waals surface area (Å²) in [6.07, 6.45) is 0.803. The van der Waals surface area contributed by atoms with Gasteiger partial charge in [-0.3, -0.25) is 0 Å². The number of rotatable bonds is 1. The lowest BCUT2D eigenvalue weighted by Crippen LogP contribution is -2.22. The van der Waals surface area contributed by atoms with Crippen LogP contribution in [0.25, 0.3) is 0 Å². The van der Waals surface area contributed by atoms with Crippen molar-refractivity contribution in [2.45, 2.75) is 79.6 Å². The van der Waals surface area contributed by atoms with Crippen molar-refractivity contribution in [3.63, 3.8) is 0 Å². The molecule has 3 heteroatoms. The highest BCUT2D eigenvalue weighted by atomic mass is 31.2. The highest BCUT2D eigenvalue weighted by molar-refractivity contribution is 7.56. The average Bonchev–Trinajstić information content (AvgIpc) is 2.67. The first-order chi connectivity index (χ1) is 15.3. The molecule has 1 aliphatic heterocycles. The van der Waals surface area contributed by atoms with Gasteiger partial charge < -0.3 is 9.05 Å². The quantitative estimate of drug-likeness (QED) is 0.341. The zero-order chi connectivity index (χ0) is 24.1. The maximum atomic E-state index is 6.91. The summed E-state index contributed by atoms with van der Waals surface area (Å²) < 4.78 is 13.8. The molecule has 0 unspecified atom stereocenters. The van der Waals surface area contributed by atoms with E-state index in [0.717, 1.165) is 23.2 Å². The first-order valence-corrected chi connectivity index (χ1v) is 13.0. The smallest absolute Gasteiger partial charge is 0.326 e. The summed E-state index contributed by atoms with van der Waals surface area (Å²) in [4.78, 5) is 0. The monoisotopic (exact) mass is 460 g/mol. The van der Waals surface area contributed by atoms with Crippen LogP contribution in [0.1, 0.15) is 80.5 Å². The van der Waals surface area contributed by atoms with Crippen molar-refractivity contribution in [2.75, 3.05) is 0 Å². The Morgan fingerprint density at radius 3 is 1.55 bits per heavy atom. The van der Waals surface area contributed by atoms with Crippen LogP contribution in [0.3, 0.4) is 0 Å². The first kappa shape index (κ1) is 23.8. The lowest BCUT2D eigenvalue weighted by atomic mass is 9.81. The van der Waals surface area contributed by atoms with Gasteiger partial charge in [-0.2, -0.15) is 0 Å². The van der Waals surface area contributed by atoms with Crippen molar-refractivity contribution in [1.82, 2.24) is 0 Å². The summed E-state index contributed by atoms with van der Waals surface area (Å²) in [7, 11) is -1.35. The Kier molecular flexibility index (Phi) is 6.12. The van der Waals surface area contributed by atoms with Crippen LogP contribution in [0, 0.1) is 20.8 Å². The molecule has 1 aliphatic rings. The third kappa shape index (κ3) is 4.82. The SMILES string of the molecule is Cc1cc2c(c(C(C)(C)C)c1)OP(c1ccccc1C)Oc1c(cc(C)cc1C(C)(C)C)C2. The van der Waals surface area contributed by atoms with Crippen LogP contribution < -0.4 is 14.4 Å². The molecule has 0 aliphatic carbocycles. The molecule has 0 amide bonds. The molecule has 33 heavy (non-hydrogen) atoms. The highest BCUT2D eigenvalue weighted by Crippen LogP contribution is 2.51. The fraction of sp³-hybridized carbons (Fsp3) is 0.400. The predicted octanol–water partition coefficient (Wildman–Crippen LogP) is 8.21. The van der Waals surface area contributed by atoms with Gasteiger partial charge in [0.15, 0.2) is 0 Å². The fourth-order valence-electron chi connectivity index (χ4n) is 4.55. The van der Waals surface area contributed by atoms with E-state index in [0.29, 0.717) is 0 Å². The zero-order valence-corrected chi connectivity index (χ0v) is 22.5. The van der Waals surface area contributed by atoms with E-state index < -0.39 is 8.38 Å². The summed E-state index contributed by atoms with van der Waals surface area (Å²) in [6.45, 7) is 20.1. The van der Waals surface area contributed by atoms with Gasteiger partial charge in [0.1, 0.15) is 11.5 Å². The molecule has 0 aromatic heterocycles. The number of fused-ring (bicyclic) bond motifs is 2. The third-order valence-electron chi connectivity index (χ3n) is 6.28. The molecule has 3 aromatic rings. The molecule has 2 nitrogen and oxygen atoms in total. The number of aryl methyl sites for hydroxylation is 3. The van der Waals surface area contributed by atoms with Gasteiger partial charge >= 0.3 is 8.38 Å². The molecule has 174 valence electrons.